The van der Waals surface area contributed by atoms with Crippen LogP contribution in [0, 0.1) is 0 Å². The van der Waals surface area contributed by atoms with Gasteiger partial charge in [0.05, 0.1) is 5.02 Å². The number of hydrogen-bond donors (Lipinski definition) is 2. The van der Waals surface area contributed by atoms with Gasteiger partial charge >= 0.3 is 0 Å². The van der Waals surface area contributed by atoms with Crippen molar-refractivity contribution in [1.82, 2.24) is 10.3 Å². The summed E-state index contributed by atoms with van der Waals surface area (Å²) in [7, 11) is 0. The Bertz CT molecular complexity index is 468. The van der Waals surface area contributed by atoms with E-state index in [0.717, 1.165) is 6.42 Å². The molecule has 0 aromatic carbocycles. The number of halogens is 1. The molecule has 0 aliphatic carbocycles. The lowest BCUT2D eigenvalue weighted by atomic mass is 10.2. The normalized spacial score (nSPS) is 12.2. The highest BCUT2D eigenvalue weighted by atomic mass is 35.5. The molecular weight excluding hydrogens is 240 g/mol. The van der Waals surface area contributed by atoms with E-state index in [1.165, 1.54) is 6.07 Å². The standard InChI is InChI=1S/C12H17ClN2O2/c1-4-7(3)14-11(16)8-6-9(13)10(5-2)15-12(8)17/h6-7H,4-5H2,1-3H3,(H,14,16)(H,15,17)/t7-/m0/s1. The maximum absolute atomic E-state index is 11.8. The van der Waals surface area contributed by atoms with E-state index in [0.29, 0.717) is 17.1 Å². The Kier molecular flexibility index (Phi) is 4.75. The summed E-state index contributed by atoms with van der Waals surface area (Å²) < 4.78 is 0. The monoisotopic (exact) mass is 256 g/mol. The third kappa shape index (κ3) is 3.33. The van der Waals surface area contributed by atoms with Crippen molar-refractivity contribution < 1.29 is 4.79 Å². The van der Waals surface area contributed by atoms with Crippen LogP contribution in [0.1, 0.15) is 43.2 Å². The Morgan fingerprint density at radius 1 is 1.53 bits per heavy atom. The van der Waals surface area contributed by atoms with Crippen LogP contribution in [-0.4, -0.2) is 16.9 Å². The largest absolute Gasteiger partial charge is 0.349 e. The van der Waals surface area contributed by atoms with Gasteiger partial charge in [-0.1, -0.05) is 25.4 Å². The van der Waals surface area contributed by atoms with Crippen LogP contribution in [0.15, 0.2) is 10.9 Å². The molecule has 94 valence electrons. The average molecular weight is 257 g/mol. The Morgan fingerprint density at radius 2 is 2.18 bits per heavy atom. The first-order valence-corrected chi connectivity index (χ1v) is 6.09. The molecule has 17 heavy (non-hydrogen) atoms. The van der Waals surface area contributed by atoms with E-state index in [-0.39, 0.29) is 17.5 Å². The van der Waals surface area contributed by atoms with Gasteiger partial charge in [-0.3, -0.25) is 9.59 Å². The van der Waals surface area contributed by atoms with Crippen LogP contribution < -0.4 is 10.9 Å². The molecule has 0 bridgehead atoms. The number of rotatable bonds is 4. The fraction of sp³-hybridized carbons (Fsp3) is 0.500. The summed E-state index contributed by atoms with van der Waals surface area (Å²) >= 11 is 5.97. The number of carbonyl (C=O) groups is 1. The third-order valence-corrected chi connectivity index (χ3v) is 2.99. The van der Waals surface area contributed by atoms with Crippen LogP contribution in [0.3, 0.4) is 0 Å². The van der Waals surface area contributed by atoms with Gasteiger partial charge in [0.15, 0.2) is 0 Å². The summed E-state index contributed by atoms with van der Waals surface area (Å²) in [5.41, 5.74) is 0.316. The van der Waals surface area contributed by atoms with E-state index in [9.17, 15) is 9.59 Å². The number of pyridine rings is 1. The van der Waals surface area contributed by atoms with Gasteiger partial charge in [-0.05, 0) is 25.8 Å². The molecule has 4 nitrogen and oxygen atoms in total. The number of carbonyl (C=O) groups excluding carboxylic acids is 1. The number of nitrogens with one attached hydrogen (secondary N) is 2. The molecule has 1 rings (SSSR count). The highest BCUT2D eigenvalue weighted by molar-refractivity contribution is 6.31. The van der Waals surface area contributed by atoms with Gasteiger partial charge in [0.25, 0.3) is 11.5 Å². The number of aromatic nitrogens is 1. The molecule has 1 aromatic rings. The van der Waals surface area contributed by atoms with Gasteiger partial charge in [0.1, 0.15) is 5.56 Å². The first-order chi connectivity index (χ1) is 7.99. The van der Waals surface area contributed by atoms with Crippen molar-refractivity contribution in [2.45, 2.75) is 39.7 Å². The quantitative estimate of drug-likeness (QED) is 0.867. The molecule has 0 spiro atoms. The Balaban J connectivity index is 3.03. The van der Waals surface area contributed by atoms with Gasteiger partial charge < -0.3 is 10.3 Å². The van der Waals surface area contributed by atoms with Crippen molar-refractivity contribution >= 4 is 17.5 Å². The van der Waals surface area contributed by atoms with Crippen molar-refractivity contribution in [2.75, 3.05) is 0 Å². The summed E-state index contributed by atoms with van der Waals surface area (Å²) in [4.78, 5) is 26.1. The van der Waals surface area contributed by atoms with E-state index in [1.807, 2.05) is 20.8 Å². The van der Waals surface area contributed by atoms with E-state index in [4.69, 9.17) is 11.6 Å². The lowest BCUT2D eigenvalue weighted by Gasteiger charge is -2.11. The smallest absolute Gasteiger partial charge is 0.261 e. The van der Waals surface area contributed by atoms with Crippen LogP contribution in [0.25, 0.3) is 0 Å². The first kappa shape index (κ1) is 13.8. The van der Waals surface area contributed by atoms with E-state index < -0.39 is 5.56 Å². The van der Waals surface area contributed by atoms with Crippen LogP contribution in [0.2, 0.25) is 5.02 Å². The van der Waals surface area contributed by atoms with Gasteiger partial charge in [0, 0.05) is 11.7 Å². The fourth-order valence-corrected chi connectivity index (χ4v) is 1.66. The Hall–Kier alpha value is -1.29. The molecule has 5 heteroatoms. The Labute approximate surface area is 105 Å². The number of amides is 1. The van der Waals surface area contributed by atoms with E-state index >= 15 is 0 Å². The SMILES string of the molecule is CCc1[nH]c(=O)c(C(=O)N[C@@H](C)CC)cc1Cl. The zero-order valence-corrected chi connectivity index (χ0v) is 11.0. The number of hydrogen-bond acceptors (Lipinski definition) is 2. The summed E-state index contributed by atoms with van der Waals surface area (Å²) in [5.74, 6) is -0.384. The zero-order valence-electron chi connectivity index (χ0n) is 10.3. The minimum Gasteiger partial charge on any atom is -0.349 e. The van der Waals surface area contributed by atoms with Crippen molar-refractivity contribution in [2.24, 2.45) is 0 Å². The predicted octanol–water partition coefficient (Wildman–Crippen LogP) is 2.12. The summed E-state index contributed by atoms with van der Waals surface area (Å²) in [6.07, 6.45) is 1.44. The van der Waals surface area contributed by atoms with Crippen LogP contribution in [0.4, 0.5) is 0 Å². The fourth-order valence-electron chi connectivity index (χ4n) is 1.37. The molecular formula is C12H17ClN2O2. The molecule has 0 saturated heterocycles. The predicted molar refractivity (Wildman–Crippen MR) is 68.7 cm³/mol. The van der Waals surface area contributed by atoms with Gasteiger partial charge in [-0.15, -0.1) is 0 Å². The van der Waals surface area contributed by atoms with Crippen molar-refractivity contribution in [3.05, 3.63) is 32.7 Å². The second kappa shape index (κ2) is 5.87. The molecule has 0 saturated carbocycles. The molecule has 1 aromatic heterocycles. The second-order valence-corrected chi connectivity index (χ2v) is 4.38. The van der Waals surface area contributed by atoms with Gasteiger partial charge in [-0.25, -0.2) is 0 Å². The molecule has 2 N–H and O–H groups in total. The second-order valence-electron chi connectivity index (χ2n) is 3.97. The highest BCUT2D eigenvalue weighted by Crippen LogP contribution is 2.13. The molecule has 0 aliphatic rings. The summed E-state index contributed by atoms with van der Waals surface area (Å²) in [6.45, 7) is 5.73. The van der Waals surface area contributed by atoms with Gasteiger partial charge in [0.2, 0.25) is 0 Å². The molecule has 0 aliphatic heterocycles. The lowest BCUT2D eigenvalue weighted by molar-refractivity contribution is 0.0937. The molecule has 1 heterocycles. The lowest BCUT2D eigenvalue weighted by Crippen LogP contribution is -2.35. The van der Waals surface area contributed by atoms with Crippen LogP contribution in [-0.2, 0) is 6.42 Å². The topological polar surface area (TPSA) is 62.0 Å². The molecule has 0 radical (unpaired) electrons. The Morgan fingerprint density at radius 3 is 2.71 bits per heavy atom. The molecule has 0 fully saturated rings. The van der Waals surface area contributed by atoms with E-state index in [1.54, 1.807) is 0 Å². The molecule has 1 amide bonds. The maximum Gasteiger partial charge on any atom is 0.261 e. The molecule has 1 atom stereocenters. The number of aryl methyl sites for hydroxylation is 1. The van der Waals surface area contributed by atoms with E-state index in [2.05, 4.69) is 10.3 Å². The minimum atomic E-state index is -0.396. The maximum atomic E-state index is 11.8. The van der Waals surface area contributed by atoms with Crippen LogP contribution in [0.5, 0.6) is 0 Å². The first-order valence-electron chi connectivity index (χ1n) is 5.72. The molecule has 0 unspecified atom stereocenters. The van der Waals surface area contributed by atoms with Crippen molar-refractivity contribution in [3.8, 4) is 0 Å². The average Bonchev–Trinajstić information content (AvgIpc) is 2.31. The zero-order chi connectivity index (χ0) is 13.0. The summed E-state index contributed by atoms with van der Waals surface area (Å²) in [5, 5.41) is 3.15. The van der Waals surface area contributed by atoms with Crippen molar-refractivity contribution in [1.29, 1.82) is 0 Å². The minimum absolute atomic E-state index is 0.0338. The summed E-state index contributed by atoms with van der Waals surface area (Å²) in [6, 6.07) is 1.46. The number of aromatic amines is 1. The third-order valence-electron chi connectivity index (χ3n) is 2.66. The number of H-pyrrole nitrogens is 1. The van der Waals surface area contributed by atoms with Crippen LogP contribution >= 0.6 is 11.6 Å². The van der Waals surface area contributed by atoms with Crippen molar-refractivity contribution in [3.63, 3.8) is 0 Å². The highest BCUT2D eigenvalue weighted by Gasteiger charge is 2.14. The van der Waals surface area contributed by atoms with Gasteiger partial charge in [-0.2, -0.15) is 0 Å².